The fraction of sp³-hybridized carbons (Fsp3) is 0.250. The zero-order chi connectivity index (χ0) is 11.2. The van der Waals surface area contributed by atoms with E-state index < -0.39 is 0 Å². The summed E-state index contributed by atoms with van der Waals surface area (Å²) < 4.78 is 0. The molecule has 1 N–H and O–H groups in total. The van der Waals surface area contributed by atoms with Gasteiger partial charge >= 0.3 is 0 Å². The highest BCUT2D eigenvalue weighted by Gasteiger charge is 2.33. The lowest BCUT2D eigenvalue weighted by Crippen LogP contribution is -2.18. The highest BCUT2D eigenvalue weighted by Crippen LogP contribution is 2.44. The molecular weight excluding hydrogens is 206 g/mol. The Labute approximate surface area is 101 Å². The molecule has 1 nitrogen and oxygen atoms in total. The second kappa shape index (κ2) is 3.44. The Morgan fingerprint density at radius 3 is 1.35 bits per heavy atom. The summed E-state index contributed by atoms with van der Waals surface area (Å²) in [6, 6.07) is 17.9. The first-order valence-corrected chi connectivity index (χ1v) is 6.33. The Morgan fingerprint density at radius 1 is 0.647 bits per heavy atom. The van der Waals surface area contributed by atoms with Crippen LogP contribution in [0.3, 0.4) is 0 Å². The average molecular weight is 221 g/mol. The molecule has 1 aliphatic carbocycles. The SMILES string of the molecule is c1ccc2c(c1)C1CNCC2c2ccccc21. The number of nitrogens with one attached hydrogen (secondary N) is 1. The van der Waals surface area contributed by atoms with Crippen molar-refractivity contribution in [3.05, 3.63) is 70.8 Å². The minimum absolute atomic E-state index is 0.543. The molecule has 0 unspecified atom stereocenters. The molecule has 2 heterocycles. The van der Waals surface area contributed by atoms with Gasteiger partial charge < -0.3 is 5.32 Å². The Morgan fingerprint density at radius 2 is 1.00 bits per heavy atom. The first kappa shape index (κ1) is 9.43. The Balaban J connectivity index is 2.04. The van der Waals surface area contributed by atoms with Gasteiger partial charge in [0.2, 0.25) is 0 Å². The summed E-state index contributed by atoms with van der Waals surface area (Å²) in [6.07, 6.45) is 0. The van der Waals surface area contributed by atoms with Crippen molar-refractivity contribution in [1.29, 1.82) is 0 Å². The van der Waals surface area contributed by atoms with E-state index in [4.69, 9.17) is 0 Å². The summed E-state index contributed by atoms with van der Waals surface area (Å²) in [5, 5.41) is 3.60. The van der Waals surface area contributed by atoms with Crippen LogP contribution in [0, 0.1) is 0 Å². The fourth-order valence-electron chi connectivity index (χ4n) is 3.44. The van der Waals surface area contributed by atoms with Crippen molar-refractivity contribution in [2.75, 3.05) is 13.1 Å². The fourth-order valence-corrected chi connectivity index (χ4v) is 3.44. The van der Waals surface area contributed by atoms with Crippen molar-refractivity contribution < 1.29 is 0 Å². The molecule has 1 heteroatoms. The molecule has 0 amide bonds. The van der Waals surface area contributed by atoms with Crippen LogP contribution in [0.2, 0.25) is 0 Å². The zero-order valence-electron chi connectivity index (χ0n) is 9.69. The predicted octanol–water partition coefficient (Wildman–Crippen LogP) is 2.87. The lowest BCUT2D eigenvalue weighted by atomic mass is 9.74. The van der Waals surface area contributed by atoms with Gasteiger partial charge in [-0.2, -0.15) is 0 Å². The summed E-state index contributed by atoms with van der Waals surface area (Å²) in [7, 11) is 0. The third-order valence-corrected chi connectivity index (χ3v) is 4.19. The first-order chi connectivity index (χ1) is 8.45. The molecule has 0 saturated carbocycles. The van der Waals surface area contributed by atoms with E-state index in [2.05, 4.69) is 53.8 Å². The maximum absolute atomic E-state index is 3.60. The van der Waals surface area contributed by atoms with E-state index in [-0.39, 0.29) is 0 Å². The quantitative estimate of drug-likeness (QED) is 0.721. The van der Waals surface area contributed by atoms with Crippen molar-refractivity contribution in [2.24, 2.45) is 0 Å². The predicted molar refractivity (Wildman–Crippen MR) is 69.4 cm³/mol. The molecule has 0 fully saturated rings. The molecule has 2 aliphatic heterocycles. The van der Waals surface area contributed by atoms with Gasteiger partial charge in [-0.25, -0.2) is 0 Å². The molecule has 2 aromatic carbocycles. The number of rotatable bonds is 0. The van der Waals surface area contributed by atoms with Gasteiger partial charge in [0, 0.05) is 24.9 Å². The molecule has 17 heavy (non-hydrogen) atoms. The van der Waals surface area contributed by atoms with Crippen molar-refractivity contribution >= 4 is 0 Å². The molecule has 0 spiro atoms. The maximum atomic E-state index is 3.60. The van der Waals surface area contributed by atoms with Crippen molar-refractivity contribution in [3.8, 4) is 0 Å². The smallest absolute Gasteiger partial charge is 0.0220 e. The van der Waals surface area contributed by atoms with Crippen LogP contribution in [0.1, 0.15) is 34.1 Å². The third-order valence-electron chi connectivity index (χ3n) is 4.19. The van der Waals surface area contributed by atoms with Gasteiger partial charge in [0.25, 0.3) is 0 Å². The summed E-state index contributed by atoms with van der Waals surface area (Å²) in [6.45, 7) is 2.15. The van der Waals surface area contributed by atoms with E-state index in [0.717, 1.165) is 13.1 Å². The van der Waals surface area contributed by atoms with Crippen LogP contribution < -0.4 is 5.32 Å². The van der Waals surface area contributed by atoms with E-state index >= 15 is 0 Å². The number of hydrogen-bond donors (Lipinski definition) is 1. The Hall–Kier alpha value is -1.60. The molecule has 84 valence electrons. The van der Waals surface area contributed by atoms with E-state index in [1.165, 1.54) is 22.3 Å². The molecular formula is C16H15N. The van der Waals surface area contributed by atoms with Crippen LogP contribution >= 0.6 is 0 Å². The van der Waals surface area contributed by atoms with E-state index in [0.29, 0.717) is 11.8 Å². The number of benzene rings is 2. The normalized spacial score (nSPS) is 24.9. The van der Waals surface area contributed by atoms with Crippen molar-refractivity contribution in [1.82, 2.24) is 5.32 Å². The molecule has 0 atom stereocenters. The minimum atomic E-state index is 0.543. The average Bonchev–Trinajstić information content (AvgIpc) is 2.70. The standard InChI is InChI=1S/C16H15N/c1-2-6-12-11(5-1)15-9-17-10-16(12)14-8-4-3-7-13(14)15/h1-8,15-17H,9-10H2. The second-order valence-corrected chi connectivity index (χ2v) is 5.02. The third kappa shape index (κ3) is 1.23. The van der Waals surface area contributed by atoms with E-state index in [9.17, 15) is 0 Å². The van der Waals surface area contributed by atoms with Crippen LogP contribution in [0.4, 0.5) is 0 Å². The largest absolute Gasteiger partial charge is 0.315 e. The lowest BCUT2D eigenvalue weighted by Gasteiger charge is -2.29. The van der Waals surface area contributed by atoms with Crippen LogP contribution in [0.5, 0.6) is 0 Å². The first-order valence-electron chi connectivity index (χ1n) is 6.33. The van der Waals surface area contributed by atoms with Crippen LogP contribution in [0.25, 0.3) is 0 Å². The molecule has 2 aromatic rings. The van der Waals surface area contributed by atoms with Crippen LogP contribution in [0.15, 0.2) is 48.5 Å². The Kier molecular flexibility index (Phi) is 1.91. The van der Waals surface area contributed by atoms with Gasteiger partial charge in [-0.3, -0.25) is 0 Å². The van der Waals surface area contributed by atoms with Gasteiger partial charge in [-0.05, 0) is 22.3 Å². The zero-order valence-corrected chi connectivity index (χ0v) is 9.69. The van der Waals surface area contributed by atoms with Gasteiger partial charge in [0.05, 0.1) is 0 Å². The highest BCUT2D eigenvalue weighted by atomic mass is 14.9. The molecule has 3 aliphatic rings. The van der Waals surface area contributed by atoms with Crippen molar-refractivity contribution in [2.45, 2.75) is 11.8 Å². The summed E-state index contributed by atoms with van der Waals surface area (Å²) in [4.78, 5) is 0. The molecule has 0 radical (unpaired) electrons. The second-order valence-electron chi connectivity index (χ2n) is 5.02. The van der Waals surface area contributed by atoms with Gasteiger partial charge in [-0.1, -0.05) is 48.5 Å². The minimum Gasteiger partial charge on any atom is -0.315 e. The topological polar surface area (TPSA) is 12.0 Å². The molecule has 0 aromatic heterocycles. The molecule has 5 rings (SSSR count). The van der Waals surface area contributed by atoms with Crippen LogP contribution in [-0.2, 0) is 0 Å². The lowest BCUT2D eigenvalue weighted by molar-refractivity contribution is 0.669. The van der Waals surface area contributed by atoms with Gasteiger partial charge in [0.15, 0.2) is 0 Å². The van der Waals surface area contributed by atoms with E-state index in [1.54, 1.807) is 0 Å². The molecule has 0 saturated heterocycles. The summed E-state index contributed by atoms with van der Waals surface area (Å²) in [5.41, 5.74) is 6.12. The van der Waals surface area contributed by atoms with Gasteiger partial charge in [-0.15, -0.1) is 0 Å². The maximum Gasteiger partial charge on any atom is 0.0220 e. The highest BCUT2D eigenvalue weighted by molar-refractivity contribution is 5.54. The Bertz CT molecular complexity index is 476. The summed E-state index contributed by atoms with van der Waals surface area (Å²) in [5.74, 6) is 1.09. The number of fused-ring (bicyclic) bond motifs is 2. The monoisotopic (exact) mass is 221 g/mol. The summed E-state index contributed by atoms with van der Waals surface area (Å²) >= 11 is 0. The number of hydrogen-bond acceptors (Lipinski definition) is 1. The molecule has 2 bridgehead atoms. The van der Waals surface area contributed by atoms with Crippen LogP contribution in [-0.4, -0.2) is 13.1 Å². The van der Waals surface area contributed by atoms with Crippen molar-refractivity contribution in [3.63, 3.8) is 0 Å². The van der Waals surface area contributed by atoms with E-state index in [1.807, 2.05) is 0 Å². The van der Waals surface area contributed by atoms with Gasteiger partial charge in [0.1, 0.15) is 0 Å².